The number of halogens is 1. The van der Waals surface area contributed by atoms with Crippen LogP contribution in [0.15, 0.2) is 61.1 Å². The first-order valence-corrected chi connectivity index (χ1v) is 12.9. The fraction of sp³-hybridized carbons (Fsp3) is 0.448. The third kappa shape index (κ3) is 3.22. The lowest BCUT2D eigenvalue weighted by Gasteiger charge is -2.63. The van der Waals surface area contributed by atoms with Crippen molar-refractivity contribution in [1.82, 2.24) is 14.5 Å². The van der Waals surface area contributed by atoms with Crippen LogP contribution in [0.4, 0.5) is 4.39 Å². The van der Waals surface area contributed by atoms with Gasteiger partial charge >= 0.3 is 0 Å². The molecule has 3 aliphatic heterocycles. The van der Waals surface area contributed by atoms with E-state index in [-0.39, 0.29) is 35.3 Å². The zero-order chi connectivity index (χ0) is 23.7. The minimum Gasteiger partial charge on any atom is -0.392 e. The number of piperidine rings is 2. The summed E-state index contributed by atoms with van der Waals surface area (Å²) >= 11 is 0. The summed E-state index contributed by atoms with van der Waals surface area (Å²) in [6.45, 7) is 0. The largest absolute Gasteiger partial charge is 0.392 e. The first-order valence-electron chi connectivity index (χ1n) is 12.9. The van der Waals surface area contributed by atoms with E-state index in [9.17, 15) is 14.3 Å². The first-order chi connectivity index (χ1) is 17.0. The van der Waals surface area contributed by atoms with E-state index >= 15 is 0 Å². The maximum atomic E-state index is 15.0. The number of rotatable bonds is 5. The lowest BCUT2D eigenvalue weighted by atomic mass is 9.53. The maximum absolute atomic E-state index is 15.0. The summed E-state index contributed by atoms with van der Waals surface area (Å²) in [4.78, 5) is 19.8. The first kappa shape index (κ1) is 21.3. The van der Waals surface area contributed by atoms with E-state index < -0.39 is 6.10 Å². The van der Waals surface area contributed by atoms with Gasteiger partial charge in [0.25, 0.3) is 0 Å². The van der Waals surface area contributed by atoms with Crippen molar-refractivity contribution < 1.29 is 14.3 Å². The van der Waals surface area contributed by atoms with E-state index in [1.54, 1.807) is 18.6 Å². The van der Waals surface area contributed by atoms with Crippen LogP contribution >= 0.6 is 0 Å². The highest BCUT2D eigenvalue weighted by atomic mass is 19.1. The van der Waals surface area contributed by atoms with Crippen LogP contribution in [0.5, 0.6) is 0 Å². The molecule has 3 aromatic rings. The number of nitrogens with zero attached hydrogens (tertiary/aromatic N) is 3. The minimum atomic E-state index is -0.548. The third-order valence-electron chi connectivity index (χ3n) is 9.28. The number of hydrogen-bond donors (Lipinski definition) is 1. The number of aliphatic hydroxyl groups excluding tert-OH is 1. The molecule has 4 fully saturated rings. The van der Waals surface area contributed by atoms with Gasteiger partial charge in [0.2, 0.25) is 5.91 Å². The number of imidazole rings is 1. The van der Waals surface area contributed by atoms with E-state index in [0.717, 1.165) is 48.9 Å². The molecule has 2 saturated carbocycles. The number of amides is 1. The van der Waals surface area contributed by atoms with Gasteiger partial charge in [0.15, 0.2) is 0 Å². The Hall–Kier alpha value is -2.99. The molecule has 1 N–H and O–H groups in total. The molecule has 5 aliphatic rings. The summed E-state index contributed by atoms with van der Waals surface area (Å²) in [5.74, 6) is 0.551. The van der Waals surface area contributed by atoms with Crippen LogP contribution in [0, 0.1) is 17.2 Å². The van der Waals surface area contributed by atoms with E-state index in [4.69, 9.17) is 0 Å². The van der Waals surface area contributed by atoms with Crippen LogP contribution in [0.25, 0.3) is 11.3 Å². The molecule has 180 valence electrons. The summed E-state index contributed by atoms with van der Waals surface area (Å²) < 4.78 is 17.0. The topological polar surface area (TPSA) is 58.4 Å². The number of hydrogen-bond acceptors (Lipinski definition) is 3. The molecule has 35 heavy (non-hydrogen) atoms. The molecule has 4 atom stereocenters. The summed E-state index contributed by atoms with van der Waals surface area (Å²) in [5, 5.41) is 11.8. The van der Waals surface area contributed by atoms with Gasteiger partial charge in [0.1, 0.15) is 5.82 Å². The van der Waals surface area contributed by atoms with Crippen molar-refractivity contribution in [2.45, 2.75) is 69.2 Å². The molecule has 6 heteroatoms. The highest BCUT2D eigenvalue weighted by molar-refractivity contribution is 5.80. The lowest BCUT2D eigenvalue weighted by Crippen LogP contribution is -2.66. The number of carbonyl (C=O) groups is 1. The monoisotopic (exact) mass is 471 g/mol. The summed E-state index contributed by atoms with van der Waals surface area (Å²) in [6, 6.07) is 15.3. The molecular formula is C29H30FN3O2. The standard InChI is InChI=1S/C29H30FN3O2/c30-23-8-4-7-22-25-16-31-17-32(25)24(28(22)23)12-26(34)29-13-19-9-20(14-29)33(21(10-19)15-29)27(35)11-18-5-2-1-3-6-18/h1-8,16-17,19-21,24,26,34H,9-15H2. The molecule has 1 aromatic heterocycles. The van der Waals surface area contributed by atoms with Gasteiger partial charge < -0.3 is 14.6 Å². The average molecular weight is 472 g/mol. The van der Waals surface area contributed by atoms with Crippen molar-refractivity contribution in [3.63, 3.8) is 0 Å². The summed E-state index contributed by atoms with van der Waals surface area (Å²) in [7, 11) is 0. The zero-order valence-corrected chi connectivity index (χ0v) is 19.7. The van der Waals surface area contributed by atoms with E-state index in [2.05, 4.69) is 9.88 Å². The summed E-state index contributed by atoms with van der Waals surface area (Å²) in [5.41, 5.74) is 3.32. The minimum absolute atomic E-state index is 0.198. The second kappa shape index (κ2) is 7.76. The van der Waals surface area contributed by atoms with Crippen LogP contribution in [0.2, 0.25) is 0 Å². The van der Waals surface area contributed by atoms with Gasteiger partial charge in [-0.25, -0.2) is 9.37 Å². The van der Waals surface area contributed by atoms with Crippen molar-refractivity contribution in [3.05, 3.63) is 78.0 Å². The third-order valence-corrected chi connectivity index (χ3v) is 9.28. The predicted molar refractivity (Wildman–Crippen MR) is 130 cm³/mol. The quantitative estimate of drug-likeness (QED) is 0.585. The number of carbonyl (C=O) groups excluding carboxylic acids is 1. The van der Waals surface area contributed by atoms with Crippen LogP contribution in [0.3, 0.4) is 0 Å². The van der Waals surface area contributed by atoms with Crippen molar-refractivity contribution >= 4 is 5.91 Å². The molecule has 0 spiro atoms. The van der Waals surface area contributed by atoms with Crippen molar-refractivity contribution in [2.24, 2.45) is 11.3 Å². The molecule has 8 rings (SSSR count). The van der Waals surface area contributed by atoms with Crippen LogP contribution in [-0.2, 0) is 11.2 Å². The Labute approximate surface area is 204 Å². The number of fused-ring (bicyclic) bond motifs is 3. The van der Waals surface area contributed by atoms with E-state index in [0.29, 0.717) is 24.3 Å². The van der Waals surface area contributed by atoms with Gasteiger partial charge in [-0.2, -0.15) is 0 Å². The second-order valence-corrected chi connectivity index (χ2v) is 11.2. The zero-order valence-electron chi connectivity index (χ0n) is 19.7. The van der Waals surface area contributed by atoms with Gasteiger partial charge in [-0.15, -0.1) is 0 Å². The Morgan fingerprint density at radius 3 is 2.63 bits per heavy atom. The second-order valence-electron chi connectivity index (χ2n) is 11.2. The molecule has 1 amide bonds. The normalized spacial score (nSPS) is 30.9. The number of aromatic nitrogens is 2. The van der Waals surface area contributed by atoms with Gasteiger partial charge in [0, 0.05) is 28.6 Å². The SMILES string of the molecule is O=C(Cc1ccccc1)N1C2CC3CC1CC(C(O)CC1c4c(F)cccc4-c4cncn41)(C3)C2. The van der Waals surface area contributed by atoms with Gasteiger partial charge in [-0.05, 0) is 56.1 Å². The molecule has 0 radical (unpaired) electrons. The molecule has 2 aromatic carbocycles. The van der Waals surface area contributed by atoms with Crippen LogP contribution < -0.4 is 0 Å². The Morgan fingerprint density at radius 2 is 1.86 bits per heavy atom. The molecule has 4 heterocycles. The van der Waals surface area contributed by atoms with Gasteiger partial charge in [0.05, 0.1) is 36.8 Å². The van der Waals surface area contributed by atoms with Crippen molar-refractivity contribution in [2.75, 3.05) is 0 Å². The summed E-state index contributed by atoms with van der Waals surface area (Å²) in [6.07, 6.45) is 8.68. The number of benzene rings is 2. The molecular weight excluding hydrogens is 441 g/mol. The number of aliphatic hydroxyl groups is 1. The average Bonchev–Trinajstić information content (AvgIpc) is 3.42. The molecule has 2 saturated heterocycles. The smallest absolute Gasteiger partial charge is 0.227 e. The maximum Gasteiger partial charge on any atom is 0.227 e. The Bertz CT molecular complexity index is 1270. The van der Waals surface area contributed by atoms with E-state index in [1.165, 1.54) is 6.07 Å². The fourth-order valence-corrected chi connectivity index (χ4v) is 8.05. The molecule has 4 unspecified atom stereocenters. The Kier molecular flexibility index (Phi) is 4.72. The van der Waals surface area contributed by atoms with Crippen LogP contribution in [-0.4, -0.2) is 43.7 Å². The molecule has 5 nitrogen and oxygen atoms in total. The molecule has 2 aliphatic carbocycles. The van der Waals surface area contributed by atoms with Gasteiger partial charge in [-0.1, -0.05) is 42.5 Å². The van der Waals surface area contributed by atoms with Crippen molar-refractivity contribution in [1.29, 1.82) is 0 Å². The highest BCUT2D eigenvalue weighted by Gasteiger charge is 2.58. The Balaban J connectivity index is 1.14. The van der Waals surface area contributed by atoms with Gasteiger partial charge in [-0.3, -0.25) is 4.79 Å². The van der Waals surface area contributed by atoms with E-state index in [1.807, 2.05) is 41.0 Å². The molecule has 4 bridgehead atoms. The lowest BCUT2D eigenvalue weighted by molar-refractivity contribution is -0.173. The highest BCUT2D eigenvalue weighted by Crippen LogP contribution is 2.59. The van der Waals surface area contributed by atoms with Crippen molar-refractivity contribution in [3.8, 4) is 11.3 Å². The fourth-order valence-electron chi connectivity index (χ4n) is 8.05. The van der Waals surface area contributed by atoms with Crippen LogP contribution in [0.1, 0.15) is 55.7 Å². The Morgan fingerprint density at radius 1 is 1.09 bits per heavy atom. The predicted octanol–water partition coefficient (Wildman–Crippen LogP) is 4.75.